The average Bonchev–Trinajstić information content (AvgIpc) is 2.71. The SMILES string of the molecule is CC(CCNc1n[nH]c2ccc(O)cc12)N(C)C. The molecule has 0 radical (unpaired) electrons. The van der Waals surface area contributed by atoms with E-state index in [1.807, 2.05) is 6.07 Å². The summed E-state index contributed by atoms with van der Waals surface area (Å²) < 4.78 is 0. The monoisotopic (exact) mass is 248 g/mol. The van der Waals surface area contributed by atoms with Crippen LogP contribution in [0.2, 0.25) is 0 Å². The summed E-state index contributed by atoms with van der Waals surface area (Å²) in [5, 5.41) is 20.9. The molecule has 5 heteroatoms. The molecule has 0 saturated heterocycles. The van der Waals surface area contributed by atoms with Crippen molar-refractivity contribution in [1.82, 2.24) is 15.1 Å². The van der Waals surface area contributed by atoms with E-state index in [-0.39, 0.29) is 5.75 Å². The van der Waals surface area contributed by atoms with Crippen LogP contribution in [-0.2, 0) is 0 Å². The van der Waals surface area contributed by atoms with Crippen LogP contribution >= 0.6 is 0 Å². The van der Waals surface area contributed by atoms with Crippen LogP contribution in [0.3, 0.4) is 0 Å². The van der Waals surface area contributed by atoms with Crippen LogP contribution in [0.1, 0.15) is 13.3 Å². The van der Waals surface area contributed by atoms with Gasteiger partial charge in [0.05, 0.1) is 5.52 Å². The van der Waals surface area contributed by atoms with Crippen molar-refractivity contribution in [2.75, 3.05) is 26.0 Å². The summed E-state index contributed by atoms with van der Waals surface area (Å²) in [6, 6.07) is 5.72. The topological polar surface area (TPSA) is 64.2 Å². The molecule has 2 rings (SSSR count). The van der Waals surface area contributed by atoms with Gasteiger partial charge in [0.2, 0.25) is 0 Å². The van der Waals surface area contributed by atoms with Crippen molar-refractivity contribution in [1.29, 1.82) is 0 Å². The standard InChI is InChI=1S/C13H20N4O/c1-9(17(2)3)6-7-14-13-11-8-10(18)4-5-12(11)15-16-13/h4-5,8-9,18H,6-7H2,1-3H3,(H2,14,15,16). The number of benzene rings is 1. The van der Waals surface area contributed by atoms with Gasteiger partial charge in [-0.1, -0.05) is 0 Å². The summed E-state index contributed by atoms with van der Waals surface area (Å²) in [5.74, 6) is 1.06. The largest absolute Gasteiger partial charge is 0.508 e. The van der Waals surface area contributed by atoms with Gasteiger partial charge in [0.1, 0.15) is 5.75 Å². The zero-order valence-corrected chi connectivity index (χ0v) is 11.1. The third-order valence-corrected chi connectivity index (χ3v) is 3.28. The van der Waals surface area contributed by atoms with Crippen molar-refractivity contribution in [3.8, 4) is 5.75 Å². The van der Waals surface area contributed by atoms with E-state index in [1.165, 1.54) is 0 Å². The summed E-state index contributed by atoms with van der Waals surface area (Å²) >= 11 is 0. The first-order chi connectivity index (χ1) is 8.58. The third-order valence-electron chi connectivity index (χ3n) is 3.28. The molecule has 2 aromatic rings. The fraction of sp³-hybridized carbons (Fsp3) is 0.462. The van der Waals surface area contributed by atoms with Gasteiger partial charge >= 0.3 is 0 Å². The molecule has 0 saturated carbocycles. The van der Waals surface area contributed by atoms with Crippen LogP contribution < -0.4 is 5.32 Å². The smallest absolute Gasteiger partial charge is 0.155 e. The van der Waals surface area contributed by atoms with Gasteiger partial charge in [-0.3, -0.25) is 5.10 Å². The number of hydrogen-bond acceptors (Lipinski definition) is 4. The molecule has 3 N–H and O–H groups in total. The molecule has 1 atom stereocenters. The second kappa shape index (κ2) is 5.27. The average molecular weight is 248 g/mol. The van der Waals surface area contributed by atoms with Crippen molar-refractivity contribution in [2.45, 2.75) is 19.4 Å². The van der Waals surface area contributed by atoms with Gasteiger partial charge in [0.25, 0.3) is 0 Å². The van der Waals surface area contributed by atoms with Crippen molar-refractivity contribution in [3.63, 3.8) is 0 Å². The van der Waals surface area contributed by atoms with E-state index in [2.05, 4.69) is 41.4 Å². The molecule has 0 aliphatic heterocycles. The fourth-order valence-corrected chi connectivity index (χ4v) is 1.79. The predicted molar refractivity (Wildman–Crippen MR) is 74.0 cm³/mol. The van der Waals surface area contributed by atoms with Gasteiger partial charge in [-0.25, -0.2) is 0 Å². The molecule has 5 nitrogen and oxygen atoms in total. The lowest BCUT2D eigenvalue weighted by Crippen LogP contribution is -2.26. The van der Waals surface area contributed by atoms with Crippen LogP contribution in [0.5, 0.6) is 5.75 Å². The molecule has 0 aliphatic carbocycles. The van der Waals surface area contributed by atoms with Gasteiger partial charge in [-0.05, 0) is 45.6 Å². The lowest BCUT2D eigenvalue weighted by atomic mass is 10.2. The Balaban J connectivity index is 2.01. The Hall–Kier alpha value is -1.75. The van der Waals surface area contributed by atoms with Gasteiger partial charge < -0.3 is 15.3 Å². The van der Waals surface area contributed by atoms with Crippen molar-refractivity contribution >= 4 is 16.7 Å². The molecule has 1 aromatic carbocycles. The number of nitrogens with zero attached hydrogens (tertiary/aromatic N) is 2. The van der Waals surface area contributed by atoms with Crippen LogP contribution in [0.4, 0.5) is 5.82 Å². The Bertz CT molecular complexity index is 521. The normalized spacial score (nSPS) is 13.1. The number of nitrogens with one attached hydrogen (secondary N) is 2. The van der Waals surface area contributed by atoms with E-state index < -0.39 is 0 Å². The second-order valence-electron chi connectivity index (χ2n) is 4.83. The predicted octanol–water partition coefficient (Wildman–Crippen LogP) is 2.02. The maximum absolute atomic E-state index is 9.48. The van der Waals surface area contributed by atoms with E-state index in [0.717, 1.165) is 29.7 Å². The lowest BCUT2D eigenvalue weighted by Gasteiger charge is -2.19. The molecule has 1 heterocycles. The molecular weight excluding hydrogens is 228 g/mol. The Morgan fingerprint density at radius 3 is 2.94 bits per heavy atom. The van der Waals surface area contributed by atoms with E-state index in [0.29, 0.717) is 6.04 Å². The number of aromatic nitrogens is 2. The molecule has 1 aromatic heterocycles. The minimum Gasteiger partial charge on any atom is -0.508 e. The Kier molecular flexibility index (Phi) is 3.72. The summed E-state index contributed by atoms with van der Waals surface area (Å²) in [7, 11) is 4.15. The molecular formula is C13H20N4O. The first-order valence-electron chi connectivity index (χ1n) is 6.15. The van der Waals surface area contributed by atoms with Gasteiger partial charge in [0, 0.05) is 18.0 Å². The maximum atomic E-state index is 9.48. The number of fused-ring (bicyclic) bond motifs is 1. The van der Waals surface area contributed by atoms with E-state index >= 15 is 0 Å². The highest BCUT2D eigenvalue weighted by Crippen LogP contribution is 2.24. The van der Waals surface area contributed by atoms with Crippen molar-refractivity contribution < 1.29 is 5.11 Å². The van der Waals surface area contributed by atoms with Gasteiger partial charge in [-0.15, -0.1) is 0 Å². The molecule has 98 valence electrons. The highest BCUT2D eigenvalue weighted by atomic mass is 16.3. The Morgan fingerprint density at radius 2 is 2.22 bits per heavy atom. The van der Waals surface area contributed by atoms with Crippen molar-refractivity contribution in [2.24, 2.45) is 0 Å². The maximum Gasteiger partial charge on any atom is 0.155 e. The van der Waals surface area contributed by atoms with Crippen LogP contribution in [0.15, 0.2) is 18.2 Å². The summed E-state index contributed by atoms with van der Waals surface area (Å²) in [6.07, 6.45) is 1.04. The van der Waals surface area contributed by atoms with Crippen LogP contribution in [0, 0.1) is 0 Å². The van der Waals surface area contributed by atoms with Crippen molar-refractivity contribution in [3.05, 3.63) is 18.2 Å². The minimum absolute atomic E-state index is 0.258. The highest BCUT2D eigenvalue weighted by Gasteiger charge is 2.07. The number of hydrogen-bond donors (Lipinski definition) is 3. The number of aromatic amines is 1. The molecule has 0 aliphatic rings. The summed E-state index contributed by atoms with van der Waals surface area (Å²) in [4.78, 5) is 2.19. The van der Waals surface area contributed by atoms with E-state index in [4.69, 9.17) is 0 Å². The van der Waals surface area contributed by atoms with Gasteiger partial charge in [-0.2, -0.15) is 5.10 Å². The van der Waals surface area contributed by atoms with Gasteiger partial charge in [0.15, 0.2) is 5.82 Å². The minimum atomic E-state index is 0.258. The first-order valence-corrected chi connectivity index (χ1v) is 6.15. The molecule has 0 spiro atoms. The third kappa shape index (κ3) is 2.73. The number of phenols is 1. The zero-order valence-electron chi connectivity index (χ0n) is 11.1. The molecule has 0 amide bonds. The lowest BCUT2D eigenvalue weighted by molar-refractivity contribution is 0.304. The number of phenolic OH excluding ortho intramolecular Hbond substituents is 1. The molecule has 0 fully saturated rings. The van der Waals surface area contributed by atoms with Crippen LogP contribution in [0.25, 0.3) is 10.9 Å². The number of H-pyrrole nitrogens is 1. The molecule has 1 unspecified atom stereocenters. The molecule has 18 heavy (non-hydrogen) atoms. The quantitative estimate of drug-likeness (QED) is 0.757. The summed E-state index contributed by atoms with van der Waals surface area (Å²) in [5.41, 5.74) is 0.927. The van der Waals surface area contributed by atoms with Crippen LogP contribution in [-0.4, -0.2) is 46.9 Å². The van der Waals surface area contributed by atoms with E-state index in [9.17, 15) is 5.11 Å². The first kappa shape index (κ1) is 12.7. The fourth-order valence-electron chi connectivity index (χ4n) is 1.79. The number of anilines is 1. The summed E-state index contributed by atoms with van der Waals surface area (Å²) in [6.45, 7) is 3.05. The zero-order chi connectivity index (χ0) is 13.1. The number of rotatable bonds is 5. The Morgan fingerprint density at radius 1 is 1.44 bits per heavy atom. The highest BCUT2D eigenvalue weighted by molar-refractivity contribution is 5.90. The number of aromatic hydroxyl groups is 1. The second-order valence-corrected chi connectivity index (χ2v) is 4.83. The van der Waals surface area contributed by atoms with E-state index in [1.54, 1.807) is 12.1 Å². The Labute approximate surface area is 107 Å². The molecule has 0 bridgehead atoms.